The number of benzene rings is 2. The molecule has 2 aliphatic carbocycles. The van der Waals surface area contributed by atoms with E-state index in [0.29, 0.717) is 0 Å². The number of rotatable bonds is 5. The minimum Gasteiger partial charge on any atom is -0.0622 e. The predicted molar refractivity (Wildman–Crippen MR) is 169 cm³/mol. The van der Waals surface area contributed by atoms with E-state index in [1.807, 2.05) is 15.4 Å². The van der Waals surface area contributed by atoms with Gasteiger partial charge >= 0.3 is 174 Å². The average Bonchev–Trinajstić information content (AvgIpc) is 3.12. The van der Waals surface area contributed by atoms with Gasteiger partial charge in [0.2, 0.25) is 0 Å². The Morgan fingerprint density at radius 2 is 1.05 bits per heavy atom. The summed E-state index contributed by atoms with van der Waals surface area (Å²) in [4.78, 5) is 0. The van der Waals surface area contributed by atoms with E-state index < -0.39 is 27.1 Å². The fourth-order valence-corrected chi connectivity index (χ4v) is 23.6. The first kappa shape index (κ1) is 31.5. The van der Waals surface area contributed by atoms with Crippen molar-refractivity contribution < 1.29 is 21.2 Å². The molecule has 207 valence electrons. The topological polar surface area (TPSA) is 12.0 Å². The molecule has 1 saturated carbocycles. The second kappa shape index (κ2) is 16.9. The first-order chi connectivity index (χ1) is 18.4. The maximum absolute atomic E-state index is 4.43. The molecule has 0 aromatic heterocycles. The molecule has 2 aromatic carbocycles. The van der Waals surface area contributed by atoms with Crippen molar-refractivity contribution in [2.75, 3.05) is 0 Å². The van der Waals surface area contributed by atoms with Gasteiger partial charge in [-0.1, -0.05) is 60.7 Å². The van der Waals surface area contributed by atoms with Crippen LogP contribution in [-0.2, 0) is 21.2 Å². The second-order valence-corrected chi connectivity index (χ2v) is 30.3. The quantitative estimate of drug-likeness (QED) is 0.333. The van der Waals surface area contributed by atoms with Crippen molar-refractivity contribution in [2.24, 2.45) is 5.92 Å². The molecule has 0 radical (unpaired) electrons. The van der Waals surface area contributed by atoms with Crippen molar-refractivity contribution in [3.05, 3.63) is 80.7 Å². The summed E-state index contributed by atoms with van der Waals surface area (Å²) in [6, 6.07) is 21.6. The van der Waals surface area contributed by atoms with Crippen LogP contribution in [0.1, 0.15) is 98.3 Å². The van der Waals surface area contributed by atoms with Crippen LogP contribution in [0.25, 0.3) is 11.1 Å². The van der Waals surface area contributed by atoms with Crippen molar-refractivity contribution in [3.63, 3.8) is 0 Å². The monoisotopic (exact) mass is 606 g/mol. The third kappa shape index (κ3) is 9.57. The molecule has 1 nitrogen and oxygen atoms in total. The van der Waals surface area contributed by atoms with Gasteiger partial charge in [-0.3, -0.25) is 0 Å². The number of nitrogens with one attached hydrogen (secondary N) is 1. The van der Waals surface area contributed by atoms with Gasteiger partial charge in [-0.25, -0.2) is 0 Å². The molecule has 0 aliphatic heterocycles. The maximum Gasteiger partial charge on any atom is -0.0184 e. The van der Waals surface area contributed by atoms with E-state index in [2.05, 4.69) is 92.6 Å². The molecule has 0 amide bonds. The van der Waals surface area contributed by atoms with Crippen molar-refractivity contribution in [1.82, 2.24) is 3.26 Å². The predicted octanol–water partition coefficient (Wildman–Crippen LogP) is 10.4. The first-order valence-electron chi connectivity index (χ1n) is 15.5. The summed E-state index contributed by atoms with van der Waals surface area (Å²) in [5, 5.41) is 0. The van der Waals surface area contributed by atoms with Crippen LogP contribution >= 0.6 is 0 Å². The third-order valence-corrected chi connectivity index (χ3v) is 26.5. The van der Waals surface area contributed by atoms with Gasteiger partial charge in [-0.15, -0.1) is 0 Å². The summed E-state index contributed by atoms with van der Waals surface area (Å²) in [7, 11) is 0. The fourth-order valence-electron chi connectivity index (χ4n) is 6.14. The number of hydrogen-bond donors (Lipinski definition) is 1. The zero-order chi connectivity index (χ0) is 27.3. The van der Waals surface area contributed by atoms with Crippen molar-refractivity contribution in [3.8, 4) is 11.1 Å². The molecule has 4 rings (SSSR count). The molecule has 0 spiro atoms. The van der Waals surface area contributed by atoms with Crippen LogP contribution in [0.5, 0.6) is 0 Å². The molecule has 0 saturated heterocycles. The summed E-state index contributed by atoms with van der Waals surface area (Å²) in [5.41, 5.74) is 7.51. The van der Waals surface area contributed by atoms with E-state index in [9.17, 15) is 0 Å². The SMILES string of the molecule is CC1=C(C)C(C)[C]([Zr]([NH]C2CCCCCCCCCCC2)[SiH](C)C)=C1C.c1ccc(-c2ccccc2)cc1. The van der Waals surface area contributed by atoms with Gasteiger partial charge in [0.05, 0.1) is 0 Å². The Morgan fingerprint density at radius 1 is 0.632 bits per heavy atom. The minimum atomic E-state index is -1.67. The van der Waals surface area contributed by atoms with E-state index in [4.69, 9.17) is 0 Å². The average molecular weight is 608 g/mol. The van der Waals surface area contributed by atoms with Crippen LogP contribution in [0, 0.1) is 5.92 Å². The Balaban J connectivity index is 0.000000275. The molecule has 3 heteroatoms. The van der Waals surface area contributed by atoms with Crippen LogP contribution in [0.2, 0.25) is 13.1 Å². The normalized spacial score (nSPS) is 20.0. The van der Waals surface area contributed by atoms with E-state index >= 15 is 0 Å². The van der Waals surface area contributed by atoms with Crippen molar-refractivity contribution >= 4 is 5.92 Å². The third-order valence-electron chi connectivity index (χ3n) is 8.85. The molecular formula is C35H54NSiZr. The zero-order valence-electron chi connectivity index (χ0n) is 25.3. The van der Waals surface area contributed by atoms with E-state index in [-0.39, 0.29) is 0 Å². The molecule has 2 aromatic rings. The molecule has 2 aliphatic rings. The Hall–Kier alpha value is -1.02. The molecule has 1 atom stereocenters. The summed E-state index contributed by atoms with van der Waals surface area (Å²) < 4.78 is 6.37. The van der Waals surface area contributed by atoms with Crippen LogP contribution < -0.4 is 3.26 Å². The van der Waals surface area contributed by atoms with Gasteiger partial charge in [0, 0.05) is 0 Å². The molecule has 0 bridgehead atoms. The second-order valence-electron chi connectivity index (χ2n) is 12.0. The minimum absolute atomic E-state index is 0.602. The molecule has 0 heterocycles. The van der Waals surface area contributed by atoms with Gasteiger partial charge in [0.25, 0.3) is 0 Å². The van der Waals surface area contributed by atoms with E-state index in [1.165, 1.54) is 81.8 Å². The maximum atomic E-state index is 4.43. The zero-order valence-corrected chi connectivity index (χ0v) is 28.9. The smallest absolute Gasteiger partial charge is 0.0184 e. The standard InChI is InChI=1S/C12H24N.C12H10.C9H13.C2H7Si.Zr/c13-12-10-8-6-4-2-1-3-5-7-9-11-12;1-3-7-11(8-4-1)12-9-5-2-6-10-12;1-6-5-7(2)9(4)8(6)3;1-3-2;/h12-13H,1-11H2;1-10H;6H,1-4H3;3H,1-2H3;/q-1;;;;+1. The van der Waals surface area contributed by atoms with Crippen molar-refractivity contribution in [2.45, 2.75) is 117 Å². The van der Waals surface area contributed by atoms with Crippen LogP contribution in [0.4, 0.5) is 0 Å². The van der Waals surface area contributed by atoms with Crippen LogP contribution in [0.15, 0.2) is 80.7 Å². The molecule has 38 heavy (non-hydrogen) atoms. The largest absolute Gasteiger partial charge is 0.0622 e. The Kier molecular flexibility index (Phi) is 14.0. The van der Waals surface area contributed by atoms with Gasteiger partial charge in [0.15, 0.2) is 0 Å². The number of allylic oxidation sites excluding steroid dienone is 4. The van der Waals surface area contributed by atoms with E-state index in [1.54, 1.807) is 16.7 Å². The van der Waals surface area contributed by atoms with Crippen LogP contribution in [0.3, 0.4) is 0 Å². The number of hydrogen-bond acceptors (Lipinski definition) is 1. The molecule has 1 N–H and O–H groups in total. The Bertz CT molecular complexity index is 961. The first-order valence-corrected chi connectivity index (χ1v) is 25.1. The summed E-state index contributed by atoms with van der Waals surface area (Å²) in [6.07, 6.45) is 16.1. The van der Waals surface area contributed by atoms with Gasteiger partial charge in [0.1, 0.15) is 0 Å². The van der Waals surface area contributed by atoms with Gasteiger partial charge in [-0.05, 0) is 11.1 Å². The molecule has 1 fully saturated rings. The molecular weight excluding hydrogens is 554 g/mol. The Morgan fingerprint density at radius 3 is 1.42 bits per heavy atom. The van der Waals surface area contributed by atoms with Crippen LogP contribution in [-0.4, -0.2) is 12.0 Å². The fraction of sp³-hybridized carbons (Fsp3) is 0.543. The summed E-state index contributed by atoms with van der Waals surface area (Å²) >= 11 is -1.67. The Labute approximate surface area is 244 Å². The van der Waals surface area contributed by atoms with Gasteiger partial charge < -0.3 is 0 Å². The summed E-state index contributed by atoms with van der Waals surface area (Å²) in [6.45, 7) is 14.9. The van der Waals surface area contributed by atoms with E-state index in [0.717, 1.165) is 12.0 Å². The van der Waals surface area contributed by atoms with Gasteiger partial charge in [-0.2, -0.15) is 0 Å². The summed E-state index contributed by atoms with van der Waals surface area (Å²) in [5.74, 6) is 0.132. The van der Waals surface area contributed by atoms with Crippen molar-refractivity contribution in [1.29, 1.82) is 0 Å². The molecule has 1 unspecified atom stereocenters.